The van der Waals surface area contributed by atoms with Gasteiger partial charge >= 0.3 is 0 Å². The molecule has 8 heteroatoms. The first-order chi connectivity index (χ1) is 9.47. The Morgan fingerprint density at radius 2 is 1.65 bits per heavy atom. The van der Waals surface area contributed by atoms with Crippen LogP contribution >= 0.6 is 34.8 Å². The molecule has 0 radical (unpaired) electrons. The smallest absolute Gasteiger partial charge is 0.275 e. The average Bonchev–Trinajstić information content (AvgIpc) is 2.38. The molecular formula is C12H9Cl3N2O3. The van der Waals surface area contributed by atoms with Crippen LogP contribution in [0.2, 0.25) is 15.1 Å². The number of hydrogen-bond acceptors (Lipinski definition) is 4. The van der Waals surface area contributed by atoms with Crippen molar-refractivity contribution in [3.8, 4) is 17.3 Å². The van der Waals surface area contributed by atoms with Gasteiger partial charge in [-0.05, 0) is 12.1 Å². The molecule has 2 rings (SSSR count). The van der Waals surface area contributed by atoms with Crippen molar-refractivity contribution in [3.63, 3.8) is 0 Å². The SMILES string of the molecule is COc1cc(=O)n(-c2c(Cl)cc(Cl)cc2Cl)nc1OC. The summed E-state index contributed by atoms with van der Waals surface area (Å²) in [5, 5.41) is 4.78. The van der Waals surface area contributed by atoms with Crippen LogP contribution in [0.5, 0.6) is 11.6 Å². The topological polar surface area (TPSA) is 53.4 Å². The number of rotatable bonds is 3. The molecule has 0 aliphatic carbocycles. The Labute approximate surface area is 129 Å². The normalized spacial score (nSPS) is 10.4. The van der Waals surface area contributed by atoms with Gasteiger partial charge in [0.1, 0.15) is 5.69 Å². The summed E-state index contributed by atoms with van der Waals surface area (Å²) >= 11 is 18.0. The number of aromatic nitrogens is 2. The van der Waals surface area contributed by atoms with Crippen LogP contribution in [0.15, 0.2) is 23.0 Å². The molecule has 0 N–H and O–H groups in total. The van der Waals surface area contributed by atoms with Gasteiger partial charge in [0.25, 0.3) is 11.4 Å². The third-order valence-corrected chi connectivity index (χ3v) is 3.27. The zero-order valence-corrected chi connectivity index (χ0v) is 12.8. The molecule has 0 aliphatic heterocycles. The van der Waals surface area contributed by atoms with Gasteiger partial charge < -0.3 is 9.47 Å². The summed E-state index contributed by atoms with van der Waals surface area (Å²) in [5.74, 6) is 0.351. The van der Waals surface area contributed by atoms with Crippen molar-refractivity contribution < 1.29 is 9.47 Å². The van der Waals surface area contributed by atoms with E-state index in [1.54, 1.807) is 0 Å². The van der Waals surface area contributed by atoms with Crippen molar-refractivity contribution in [3.05, 3.63) is 43.6 Å². The van der Waals surface area contributed by atoms with Gasteiger partial charge in [0.2, 0.25) is 0 Å². The minimum atomic E-state index is -0.464. The van der Waals surface area contributed by atoms with Crippen molar-refractivity contribution in [1.82, 2.24) is 9.78 Å². The lowest BCUT2D eigenvalue weighted by molar-refractivity contribution is 0.333. The lowest BCUT2D eigenvalue weighted by Gasteiger charge is -2.12. The second kappa shape index (κ2) is 5.91. The van der Waals surface area contributed by atoms with E-state index in [2.05, 4.69) is 5.10 Å². The maximum Gasteiger partial charge on any atom is 0.275 e. The average molecular weight is 336 g/mol. The van der Waals surface area contributed by atoms with Gasteiger partial charge in [-0.2, -0.15) is 4.68 Å². The molecule has 0 saturated heterocycles. The van der Waals surface area contributed by atoms with Crippen molar-refractivity contribution in [2.75, 3.05) is 14.2 Å². The Kier molecular flexibility index (Phi) is 4.42. The number of halogens is 3. The molecule has 0 unspecified atom stereocenters. The van der Waals surface area contributed by atoms with Gasteiger partial charge in [0.05, 0.1) is 30.3 Å². The number of hydrogen-bond donors (Lipinski definition) is 0. The van der Waals surface area contributed by atoms with Gasteiger partial charge in [-0.25, -0.2) is 0 Å². The van der Waals surface area contributed by atoms with E-state index in [1.165, 1.54) is 32.4 Å². The quantitative estimate of drug-likeness (QED) is 0.864. The molecule has 20 heavy (non-hydrogen) atoms. The predicted octanol–water partition coefficient (Wildman–Crippen LogP) is 3.21. The van der Waals surface area contributed by atoms with Crippen LogP contribution in [-0.2, 0) is 0 Å². The first-order valence-corrected chi connectivity index (χ1v) is 6.48. The van der Waals surface area contributed by atoms with E-state index < -0.39 is 5.56 Å². The molecule has 0 atom stereocenters. The summed E-state index contributed by atoms with van der Waals surface area (Å²) in [5.41, 5.74) is -0.238. The number of ether oxygens (including phenoxy) is 2. The van der Waals surface area contributed by atoms with Crippen molar-refractivity contribution in [2.24, 2.45) is 0 Å². The molecule has 0 bridgehead atoms. The molecular weight excluding hydrogens is 327 g/mol. The molecule has 0 amide bonds. The Bertz CT molecular complexity index is 693. The van der Waals surface area contributed by atoms with Crippen molar-refractivity contribution in [1.29, 1.82) is 0 Å². The van der Waals surface area contributed by atoms with Crippen LogP contribution in [0.1, 0.15) is 0 Å². The van der Waals surface area contributed by atoms with Crippen LogP contribution in [0.4, 0.5) is 0 Å². The number of nitrogens with zero attached hydrogens (tertiary/aromatic N) is 2. The highest BCUT2D eigenvalue weighted by atomic mass is 35.5. The number of methoxy groups -OCH3 is 2. The standard InChI is InChI=1S/C12H9Cl3N2O3/c1-19-9-5-10(18)17(16-12(9)20-2)11-7(14)3-6(13)4-8(11)15/h3-5H,1-2H3. The van der Waals surface area contributed by atoms with Gasteiger partial charge in [-0.3, -0.25) is 4.79 Å². The van der Waals surface area contributed by atoms with E-state index in [9.17, 15) is 4.79 Å². The summed E-state index contributed by atoms with van der Waals surface area (Å²) in [7, 11) is 2.82. The summed E-state index contributed by atoms with van der Waals surface area (Å²) in [6.07, 6.45) is 0. The van der Waals surface area contributed by atoms with Gasteiger partial charge in [-0.1, -0.05) is 34.8 Å². The molecule has 2 aromatic rings. The van der Waals surface area contributed by atoms with Crippen LogP contribution in [-0.4, -0.2) is 24.0 Å². The molecule has 1 aromatic carbocycles. The molecule has 0 aliphatic rings. The number of benzene rings is 1. The summed E-state index contributed by atoms with van der Waals surface area (Å²) in [6, 6.07) is 4.16. The van der Waals surface area contributed by atoms with Crippen LogP contribution in [0, 0.1) is 0 Å². The maximum atomic E-state index is 12.1. The first kappa shape index (κ1) is 15.0. The van der Waals surface area contributed by atoms with E-state index in [1.807, 2.05) is 0 Å². The highest BCUT2D eigenvalue weighted by Crippen LogP contribution is 2.32. The third-order valence-electron chi connectivity index (χ3n) is 2.47. The van der Waals surface area contributed by atoms with Gasteiger partial charge in [0.15, 0.2) is 5.75 Å². The monoisotopic (exact) mass is 334 g/mol. The molecule has 1 aromatic heterocycles. The highest BCUT2D eigenvalue weighted by molar-refractivity contribution is 6.40. The van der Waals surface area contributed by atoms with Gasteiger partial charge in [0, 0.05) is 5.02 Å². The maximum absolute atomic E-state index is 12.1. The fourth-order valence-electron chi connectivity index (χ4n) is 1.61. The molecule has 106 valence electrons. The van der Waals surface area contributed by atoms with E-state index in [0.717, 1.165) is 4.68 Å². The minimum Gasteiger partial charge on any atom is -0.491 e. The summed E-state index contributed by atoms with van der Waals surface area (Å²) in [4.78, 5) is 12.1. The lowest BCUT2D eigenvalue weighted by atomic mass is 10.3. The molecule has 5 nitrogen and oxygen atoms in total. The second-order valence-corrected chi connectivity index (χ2v) is 4.94. The largest absolute Gasteiger partial charge is 0.491 e. The molecule has 1 heterocycles. The summed E-state index contributed by atoms with van der Waals surface area (Å²) < 4.78 is 11.1. The van der Waals surface area contributed by atoms with E-state index in [4.69, 9.17) is 44.3 Å². The zero-order valence-electron chi connectivity index (χ0n) is 10.5. The predicted molar refractivity (Wildman–Crippen MR) is 78.0 cm³/mol. The van der Waals surface area contributed by atoms with Crippen LogP contribution in [0.25, 0.3) is 5.69 Å². The van der Waals surface area contributed by atoms with Crippen molar-refractivity contribution in [2.45, 2.75) is 0 Å². The Hall–Kier alpha value is -1.43. The minimum absolute atomic E-state index is 0.134. The fraction of sp³-hybridized carbons (Fsp3) is 0.167. The van der Waals surface area contributed by atoms with Crippen LogP contribution < -0.4 is 15.0 Å². The van der Waals surface area contributed by atoms with E-state index >= 15 is 0 Å². The highest BCUT2D eigenvalue weighted by Gasteiger charge is 2.16. The Balaban J connectivity index is 2.74. The molecule has 0 saturated carbocycles. The summed E-state index contributed by atoms with van der Waals surface area (Å²) in [6.45, 7) is 0. The lowest BCUT2D eigenvalue weighted by Crippen LogP contribution is -2.22. The van der Waals surface area contributed by atoms with Crippen LogP contribution in [0.3, 0.4) is 0 Å². The van der Waals surface area contributed by atoms with Gasteiger partial charge in [-0.15, -0.1) is 5.10 Å². The second-order valence-electron chi connectivity index (χ2n) is 3.69. The third kappa shape index (κ3) is 2.70. The first-order valence-electron chi connectivity index (χ1n) is 5.35. The Morgan fingerprint density at radius 3 is 2.15 bits per heavy atom. The Morgan fingerprint density at radius 1 is 1.05 bits per heavy atom. The molecule has 0 fully saturated rings. The van der Waals surface area contributed by atoms with E-state index in [0.29, 0.717) is 5.02 Å². The fourth-order valence-corrected chi connectivity index (χ4v) is 2.59. The molecule has 0 spiro atoms. The zero-order chi connectivity index (χ0) is 14.9. The van der Waals surface area contributed by atoms with Crippen molar-refractivity contribution >= 4 is 34.8 Å². The van der Waals surface area contributed by atoms with E-state index in [-0.39, 0.29) is 27.4 Å².